The lowest BCUT2D eigenvalue weighted by Crippen LogP contribution is -2.22. The Balaban J connectivity index is 2.88. The van der Waals surface area contributed by atoms with Gasteiger partial charge < -0.3 is 14.0 Å². The average molecular weight is 292 g/mol. The minimum absolute atomic E-state index is 0.0678. The number of ether oxygens (including phenoxy) is 2. The molecule has 0 saturated heterocycles. The maximum Gasteiger partial charge on any atom is 0.308 e. The molecule has 0 saturated carbocycles. The maximum atomic E-state index is 12.2. The van der Waals surface area contributed by atoms with E-state index < -0.39 is 16.5 Å². The largest absolute Gasteiger partial charge is 0.492 e. The number of hydrogen-bond acceptors (Lipinski definition) is 6. The summed E-state index contributed by atoms with van der Waals surface area (Å²) < 4.78 is 11.2. The number of hydrogen-bond donors (Lipinski definition) is 0. The molecular weight excluding hydrogens is 280 g/mol. The SMILES string of the molecule is COc1c(OC(C)=O)c(=O)n(C)c2cc([N+](=O)[O-])ccc12. The van der Waals surface area contributed by atoms with Crippen molar-refractivity contribution in [3.63, 3.8) is 0 Å². The summed E-state index contributed by atoms with van der Waals surface area (Å²) in [6.07, 6.45) is 0. The highest BCUT2D eigenvalue weighted by Crippen LogP contribution is 2.33. The lowest BCUT2D eigenvalue weighted by molar-refractivity contribution is -0.384. The first kappa shape index (κ1) is 14.5. The van der Waals surface area contributed by atoms with Crippen LogP contribution in [0.25, 0.3) is 10.9 Å². The van der Waals surface area contributed by atoms with E-state index in [2.05, 4.69) is 0 Å². The molecule has 0 aliphatic carbocycles. The summed E-state index contributed by atoms with van der Waals surface area (Å²) in [6, 6.07) is 3.99. The predicted octanol–water partition coefficient (Wildman–Crippen LogP) is 1.38. The van der Waals surface area contributed by atoms with Gasteiger partial charge in [0.05, 0.1) is 17.5 Å². The van der Waals surface area contributed by atoms with Crippen LogP contribution >= 0.6 is 0 Å². The second-order valence-electron chi connectivity index (χ2n) is 4.28. The Morgan fingerprint density at radius 3 is 2.52 bits per heavy atom. The number of aromatic nitrogens is 1. The molecule has 1 aromatic carbocycles. The van der Waals surface area contributed by atoms with Crippen molar-refractivity contribution in [2.24, 2.45) is 7.05 Å². The fourth-order valence-electron chi connectivity index (χ4n) is 2.02. The fraction of sp³-hybridized carbons (Fsp3) is 0.231. The predicted molar refractivity (Wildman–Crippen MR) is 73.7 cm³/mol. The van der Waals surface area contributed by atoms with Crippen molar-refractivity contribution < 1.29 is 19.2 Å². The van der Waals surface area contributed by atoms with E-state index in [0.717, 1.165) is 0 Å². The van der Waals surface area contributed by atoms with Crippen LogP contribution in [0.3, 0.4) is 0 Å². The van der Waals surface area contributed by atoms with Gasteiger partial charge >= 0.3 is 5.97 Å². The Labute approximate surface area is 118 Å². The zero-order chi connectivity index (χ0) is 15.7. The number of aryl methyl sites for hydroxylation is 1. The first-order valence-corrected chi connectivity index (χ1v) is 5.90. The topological polar surface area (TPSA) is 101 Å². The Kier molecular flexibility index (Phi) is 3.62. The third-order valence-electron chi connectivity index (χ3n) is 2.95. The number of non-ortho nitro benzene ring substituents is 1. The Hall–Kier alpha value is -2.90. The molecule has 2 aromatic rings. The molecule has 0 bridgehead atoms. The number of pyridine rings is 1. The summed E-state index contributed by atoms with van der Waals surface area (Å²) in [4.78, 5) is 33.6. The molecule has 2 rings (SSSR count). The van der Waals surface area contributed by atoms with Gasteiger partial charge in [-0.3, -0.25) is 19.7 Å². The van der Waals surface area contributed by atoms with Crippen LogP contribution in [0.2, 0.25) is 0 Å². The molecule has 0 aliphatic heterocycles. The van der Waals surface area contributed by atoms with Crippen molar-refractivity contribution in [3.05, 3.63) is 38.7 Å². The Morgan fingerprint density at radius 2 is 2.00 bits per heavy atom. The van der Waals surface area contributed by atoms with Gasteiger partial charge in [-0.2, -0.15) is 0 Å². The maximum absolute atomic E-state index is 12.2. The number of benzene rings is 1. The van der Waals surface area contributed by atoms with E-state index in [-0.39, 0.29) is 17.2 Å². The number of esters is 1. The molecule has 21 heavy (non-hydrogen) atoms. The third-order valence-corrected chi connectivity index (χ3v) is 2.95. The second-order valence-corrected chi connectivity index (χ2v) is 4.28. The van der Waals surface area contributed by atoms with E-state index >= 15 is 0 Å². The summed E-state index contributed by atoms with van der Waals surface area (Å²) in [5.74, 6) is -0.835. The van der Waals surface area contributed by atoms with Crippen LogP contribution in [0, 0.1) is 10.1 Å². The van der Waals surface area contributed by atoms with Crippen molar-refractivity contribution in [1.82, 2.24) is 4.57 Å². The summed E-state index contributed by atoms with van der Waals surface area (Å²) >= 11 is 0. The summed E-state index contributed by atoms with van der Waals surface area (Å²) in [6.45, 7) is 1.17. The summed E-state index contributed by atoms with van der Waals surface area (Å²) in [5, 5.41) is 11.3. The molecule has 0 radical (unpaired) electrons. The highest BCUT2D eigenvalue weighted by atomic mass is 16.6. The fourth-order valence-corrected chi connectivity index (χ4v) is 2.02. The van der Waals surface area contributed by atoms with Gasteiger partial charge in [0.25, 0.3) is 11.2 Å². The molecule has 0 fully saturated rings. The monoisotopic (exact) mass is 292 g/mol. The quantitative estimate of drug-likeness (QED) is 0.481. The standard InChI is InChI=1S/C13H12N2O6/c1-7(16)21-12-11(20-3)9-5-4-8(15(18)19)6-10(9)14(2)13(12)17/h4-6H,1-3H3. The minimum atomic E-state index is -0.660. The number of carbonyl (C=O) groups is 1. The first-order valence-electron chi connectivity index (χ1n) is 5.90. The molecule has 1 aromatic heterocycles. The van der Waals surface area contributed by atoms with E-state index in [1.54, 1.807) is 0 Å². The number of carbonyl (C=O) groups excluding carboxylic acids is 1. The van der Waals surface area contributed by atoms with Crippen LogP contribution in [0.15, 0.2) is 23.0 Å². The van der Waals surface area contributed by atoms with Crippen molar-refractivity contribution in [1.29, 1.82) is 0 Å². The van der Waals surface area contributed by atoms with E-state index in [1.165, 1.54) is 43.8 Å². The third kappa shape index (κ3) is 2.42. The van der Waals surface area contributed by atoms with Crippen molar-refractivity contribution in [2.45, 2.75) is 6.92 Å². The zero-order valence-corrected chi connectivity index (χ0v) is 11.6. The van der Waals surface area contributed by atoms with E-state index in [1.807, 2.05) is 0 Å². The Morgan fingerprint density at radius 1 is 1.33 bits per heavy atom. The van der Waals surface area contributed by atoms with Crippen LogP contribution in [0.1, 0.15) is 6.92 Å². The van der Waals surface area contributed by atoms with Crippen molar-refractivity contribution in [2.75, 3.05) is 7.11 Å². The van der Waals surface area contributed by atoms with Crippen molar-refractivity contribution >= 4 is 22.6 Å². The number of methoxy groups -OCH3 is 1. The normalized spacial score (nSPS) is 10.4. The molecule has 0 aliphatic rings. The molecule has 0 amide bonds. The molecule has 0 spiro atoms. The molecule has 110 valence electrons. The van der Waals surface area contributed by atoms with Crippen LogP contribution in [-0.4, -0.2) is 22.6 Å². The van der Waals surface area contributed by atoms with Crippen molar-refractivity contribution in [3.8, 4) is 11.5 Å². The van der Waals surface area contributed by atoms with Gasteiger partial charge in [-0.05, 0) is 6.07 Å². The van der Waals surface area contributed by atoms with E-state index in [9.17, 15) is 19.7 Å². The summed E-state index contributed by atoms with van der Waals surface area (Å²) in [7, 11) is 2.75. The molecular formula is C13H12N2O6. The number of rotatable bonds is 3. The first-order chi connectivity index (χ1) is 9.86. The van der Waals surface area contributed by atoms with Crippen LogP contribution in [-0.2, 0) is 11.8 Å². The van der Waals surface area contributed by atoms with Gasteiger partial charge in [0.1, 0.15) is 0 Å². The van der Waals surface area contributed by atoms with E-state index in [4.69, 9.17) is 9.47 Å². The number of nitro benzene ring substituents is 1. The van der Waals surface area contributed by atoms with Gasteiger partial charge in [0, 0.05) is 31.5 Å². The second kappa shape index (κ2) is 5.23. The van der Waals surface area contributed by atoms with E-state index in [0.29, 0.717) is 10.9 Å². The van der Waals surface area contributed by atoms with Gasteiger partial charge in [-0.1, -0.05) is 0 Å². The van der Waals surface area contributed by atoms with Gasteiger partial charge in [0.15, 0.2) is 5.75 Å². The number of nitrogens with zero attached hydrogens (tertiary/aromatic N) is 2. The molecule has 8 heteroatoms. The molecule has 1 heterocycles. The zero-order valence-electron chi connectivity index (χ0n) is 11.6. The van der Waals surface area contributed by atoms with Gasteiger partial charge in [0.2, 0.25) is 5.75 Å². The number of fused-ring (bicyclic) bond motifs is 1. The smallest absolute Gasteiger partial charge is 0.308 e. The average Bonchev–Trinajstić information content (AvgIpc) is 2.44. The minimum Gasteiger partial charge on any atom is -0.492 e. The van der Waals surface area contributed by atoms with Gasteiger partial charge in [-0.15, -0.1) is 0 Å². The highest BCUT2D eigenvalue weighted by Gasteiger charge is 2.20. The summed E-state index contributed by atoms with van der Waals surface area (Å²) in [5.41, 5.74) is -0.461. The molecule has 0 unspecified atom stereocenters. The Bertz CT molecular complexity index is 808. The molecule has 0 N–H and O–H groups in total. The molecule has 0 atom stereocenters. The van der Waals surface area contributed by atoms with Crippen LogP contribution in [0.4, 0.5) is 5.69 Å². The van der Waals surface area contributed by atoms with Crippen LogP contribution < -0.4 is 15.0 Å². The van der Waals surface area contributed by atoms with Crippen LogP contribution in [0.5, 0.6) is 11.5 Å². The lowest BCUT2D eigenvalue weighted by Gasteiger charge is -2.13. The molecule has 8 nitrogen and oxygen atoms in total. The highest BCUT2D eigenvalue weighted by molar-refractivity contribution is 5.90. The number of nitro groups is 1. The lowest BCUT2D eigenvalue weighted by atomic mass is 10.1. The van der Waals surface area contributed by atoms with Gasteiger partial charge in [-0.25, -0.2) is 0 Å².